The van der Waals surface area contributed by atoms with Crippen LogP contribution in [0.2, 0.25) is 0 Å². The second-order valence-corrected chi connectivity index (χ2v) is 13.1. The van der Waals surface area contributed by atoms with Crippen molar-refractivity contribution in [2.45, 2.75) is 36.4 Å². The van der Waals surface area contributed by atoms with E-state index in [1.54, 1.807) is 24.3 Å². The molecule has 5 aromatic carbocycles. The van der Waals surface area contributed by atoms with E-state index in [-0.39, 0.29) is 5.56 Å². The fourth-order valence-electron chi connectivity index (χ4n) is 8.13. The number of likely N-dealkylation sites (N-methyl/N-ethyl adjacent to an activating group) is 1. The highest BCUT2D eigenvalue weighted by molar-refractivity contribution is 5.95. The number of benzene rings is 5. The van der Waals surface area contributed by atoms with E-state index in [0.29, 0.717) is 18.5 Å². The summed E-state index contributed by atoms with van der Waals surface area (Å²) >= 11 is 0. The van der Waals surface area contributed by atoms with E-state index in [2.05, 4.69) is 88.9 Å². The Balaban J connectivity index is 1.27. The van der Waals surface area contributed by atoms with Crippen LogP contribution in [0.25, 0.3) is 16.5 Å². The van der Waals surface area contributed by atoms with Crippen molar-refractivity contribution in [1.29, 1.82) is 0 Å². The van der Waals surface area contributed by atoms with Gasteiger partial charge in [0.1, 0.15) is 0 Å². The van der Waals surface area contributed by atoms with Gasteiger partial charge in [-0.2, -0.15) is 4.39 Å². The number of nitrogens with one attached hydrogen (secondary N) is 1. The fraction of sp³-hybridized carbons (Fsp3) is 0.195. The lowest BCUT2D eigenvalue weighted by molar-refractivity contribution is -0.0961. The third kappa shape index (κ3) is 4.73. The number of anilines is 1. The number of nitrogens with zero attached hydrogens (tertiary/aromatic N) is 2. The summed E-state index contributed by atoms with van der Waals surface area (Å²) in [5, 5.41) is 28.1. The molecule has 48 heavy (non-hydrogen) atoms. The number of H-pyrrole nitrogens is 1. The maximum absolute atomic E-state index is 15.4. The van der Waals surface area contributed by atoms with Crippen LogP contribution in [-0.2, 0) is 18.3 Å². The smallest absolute Gasteiger partial charge is 0.278 e. The van der Waals surface area contributed by atoms with E-state index < -0.39 is 41.0 Å². The SMILES string of the molecule is CN1C(=CC2C(O)C(c3c(F)[nH]n(-c4ccccc4)c3=O)C2O)C(Cc2ccccc2)(Cc2ccccc2)c2c1ccc1ccccc21. The minimum Gasteiger partial charge on any atom is -0.392 e. The molecule has 2 atom stereocenters. The minimum absolute atomic E-state index is 0.234. The van der Waals surface area contributed by atoms with Crippen LogP contribution in [0.4, 0.5) is 10.1 Å². The highest BCUT2D eigenvalue weighted by atomic mass is 19.1. The van der Waals surface area contributed by atoms with Gasteiger partial charge in [-0.1, -0.05) is 115 Å². The molecular formula is C41H36FN3O3. The second-order valence-electron chi connectivity index (χ2n) is 13.1. The molecule has 2 heterocycles. The van der Waals surface area contributed by atoms with Crippen molar-refractivity contribution in [3.8, 4) is 5.69 Å². The van der Waals surface area contributed by atoms with Gasteiger partial charge in [0.15, 0.2) is 0 Å². The molecule has 240 valence electrons. The first-order valence-corrected chi connectivity index (χ1v) is 16.4. The zero-order valence-electron chi connectivity index (χ0n) is 26.5. The van der Waals surface area contributed by atoms with Crippen molar-refractivity contribution >= 4 is 16.5 Å². The second kappa shape index (κ2) is 11.8. The van der Waals surface area contributed by atoms with Crippen molar-refractivity contribution in [2.75, 3.05) is 11.9 Å². The fourth-order valence-corrected chi connectivity index (χ4v) is 8.13. The van der Waals surface area contributed by atoms with E-state index in [0.717, 1.165) is 38.0 Å². The number of hydrogen-bond donors (Lipinski definition) is 3. The third-order valence-corrected chi connectivity index (χ3v) is 10.4. The van der Waals surface area contributed by atoms with Gasteiger partial charge in [0.2, 0.25) is 5.95 Å². The molecule has 1 saturated carbocycles. The van der Waals surface area contributed by atoms with Gasteiger partial charge in [-0.15, -0.1) is 0 Å². The van der Waals surface area contributed by atoms with Crippen LogP contribution >= 0.6 is 0 Å². The monoisotopic (exact) mass is 637 g/mol. The standard InChI is InChI=1S/C41H36FN3O3/c1-44-32-22-21-28-17-11-12-20-30(28)36(32)41(24-26-13-5-2-6-14-26,25-27-15-7-3-8-16-27)33(44)23-31-37(46)34(38(31)47)35-39(42)43-45(40(35)48)29-18-9-4-10-19-29/h2-23,31,34,37-38,43,46-47H,24-25H2,1H3. The summed E-state index contributed by atoms with van der Waals surface area (Å²) in [5.41, 5.74) is 4.59. The number of hydrogen-bond acceptors (Lipinski definition) is 4. The lowest BCUT2D eigenvalue weighted by atomic mass is 9.63. The average molecular weight is 638 g/mol. The number of rotatable bonds is 7. The maximum atomic E-state index is 15.4. The first-order valence-electron chi connectivity index (χ1n) is 16.4. The molecule has 2 aliphatic rings. The number of aromatic nitrogens is 2. The van der Waals surface area contributed by atoms with Crippen molar-refractivity contribution in [3.05, 3.63) is 178 Å². The lowest BCUT2D eigenvalue weighted by Gasteiger charge is -2.46. The quantitative estimate of drug-likeness (QED) is 0.183. The van der Waals surface area contributed by atoms with Gasteiger partial charge in [0.05, 0.1) is 23.5 Å². The molecule has 0 saturated heterocycles. The van der Waals surface area contributed by atoms with Crippen LogP contribution in [-0.4, -0.2) is 39.2 Å². The number of aliphatic hydroxyl groups excluding tert-OH is 2. The van der Waals surface area contributed by atoms with Gasteiger partial charge in [-0.25, -0.2) is 4.68 Å². The highest BCUT2D eigenvalue weighted by Crippen LogP contribution is 2.55. The Morgan fingerprint density at radius 2 is 1.33 bits per heavy atom. The summed E-state index contributed by atoms with van der Waals surface area (Å²) in [7, 11) is 2.04. The molecule has 0 spiro atoms. The molecule has 2 unspecified atom stereocenters. The van der Waals surface area contributed by atoms with Crippen molar-refractivity contribution in [1.82, 2.24) is 9.78 Å². The molecule has 1 aromatic heterocycles. The highest BCUT2D eigenvalue weighted by Gasteiger charge is 2.54. The van der Waals surface area contributed by atoms with Crippen LogP contribution < -0.4 is 10.5 Å². The molecule has 6 nitrogen and oxygen atoms in total. The summed E-state index contributed by atoms with van der Waals surface area (Å²) in [4.78, 5) is 15.6. The van der Waals surface area contributed by atoms with Gasteiger partial charge in [0.25, 0.3) is 5.56 Å². The Morgan fingerprint density at radius 1 is 0.771 bits per heavy atom. The molecule has 1 aliphatic carbocycles. The summed E-state index contributed by atoms with van der Waals surface area (Å²) < 4.78 is 16.5. The predicted octanol–water partition coefficient (Wildman–Crippen LogP) is 6.65. The van der Waals surface area contributed by atoms with E-state index in [9.17, 15) is 15.0 Å². The Hall–Kier alpha value is -5.24. The molecule has 0 bridgehead atoms. The van der Waals surface area contributed by atoms with Crippen LogP contribution in [0, 0.1) is 11.9 Å². The van der Waals surface area contributed by atoms with Crippen LogP contribution in [0.3, 0.4) is 0 Å². The van der Waals surface area contributed by atoms with E-state index in [1.165, 1.54) is 5.56 Å². The topological polar surface area (TPSA) is 81.5 Å². The van der Waals surface area contributed by atoms with Crippen molar-refractivity contribution in [3.63, 3.8) is 0 Å². The van der Waals surface area contributed by atoms with Gasteiger partial charge < -0.3 is 15.1 Å². The van der Waals surface area contributed by atoms with Crippen LogP contribution in [0.15, 0.2) is 144 Å². The zero-order valence-corrected chi connectivity index (χ0v) is 26.5. The Kier molecular flexibility index (Phi) is 7.39. The van der Waals surface area contributed by atoms with Crippen molar-refractivity contribution < 1.29 is 14.6 Å². The number of fused-ring (bicyclic) bond motifs is 3. The van der Waals surface area contributed by atoms with Gasteiger partial charge in [-0.05, 0) is 58.5 Å². The summed E-state index contributed by atoms with van der Waals surface area (Å²) in [6.45, 7) is 0. The maximum Gasteiger partial charge on any atom is 0.278 e. The molecule has 1 fully saturated rings. The summed E-state index contributed by atoms with van der Waals surface area (Å²) in [5.74, 6) is -2.65. The minimum atomic E-state index is -1.17. The van der Waals surface area contributed by atoms with Crippen LogP contribution in [0.1, 0.15) is 28.2 Å². The molecule has 7 heteroatoms. The van der Waals surface area contributed by atoms with Gasteiger partial charge >= 0.3 is 0 Å². The number of para-hydroxylation sites is 1. The van der Waals surface area contributed by atoms with Crippen LogP contribution in [0.5, 0.6) is 0 Å². The number of halogens is 1. The van der Waals surface area contributed by atoms with E-state index in [1.807, 2.05) is 37.4 Å². The Bertz CT molecular complexity index is 2140. The molecule has 3 N–H and O–H groups in total. The lowest BCUT2D eigenvalue weighted by Crippen LogP contribution is -2.54. The normalized spacial score (nSPS) is 22.2. The van der Waals surface area contributed by atoms with E-state index in [4.69, 9.17) is 0 Å². The number of aliphatic hydroxyl groups is 2. The predicted molar refractivity (Wildman–Crippen MR) is 187 cm³/mol. The third-order valence-electron chi connectivity index (χ3n) is 10.4. The molecule has 6 aromatic rings. The number of aromatic amines is 1. The first-order chi connectivity index (χ1) is 23.4. The molecule has 0 amide bonds. The van der Waals surface area contributed by atoms with E-state index >= 15 is 4.39 Å². The Morgan fingerprint density at radius 3 is 1.96 bits per heavy atom. The molecule has 8 rings (SSSR count). The Labute approximate surface area is 278 Å². The zero-order chi connectivity index (χ0) is 33.0. The summed E-state index contributed by atoms with van der Waals surface area (Å²) in [6.07, 6.45) is 0.990. The largest absolute Gasteiger partial charge is 0.392 e. The summed E-state index contributed by atoms with van der Waals surface area (Å²) in [6, 6.07) is 42.2. The molecular weight excluding hydrogens is 601 g/mol. The number of allylic oxidation sites excluding steroid dienone is 1. The average Bonchev–Trinajstić information content (AvgIpc) is 3.53. The molecule has 0 radical (unpaired) electrons. The van der Waals surface area contributed by atoms with Crippen molar-refractivity contribution in [2.24, 2.45) is 5.92 Å². The van der Waals surface area contributed by atoms with Gasteiger partial charge in [0, 0.05) is 35.7 Å². The molecule has 1 aliphatic heterocycles. The first kappa shape index (κ1) is 30.1. The van der Waals surface area contributed by atoms with Gasteiger partial charge in [-0.3, -0.25) is 9.89 Å².